The molecule has 0 radical (unpaired) electrons. The number of amides is 4. The van der Waals surface area contributed by atoms with Crippen LogP contribution in [0.25, 0.3) is 20.9 Å². The molecule has 2 spiro atoms. The van der Waals surface area contributed by atoms with Gasteiger partial charge in [0.15, 0.2) is 0 Å². The quantitative estimate of drug-likeness (QED) is 0.0795. The van der Waals surface area contributed by atoms with Gasteiger partial charge >= 0.3 is 12.2 Å². The Kier molecular flexibility index (Phi) is 18.5. The highest BCUT2D eigenvalue weighted by molar-refractivity contribution is 7.13. The van der Waals surface area contributed by atoms with Crippen LogP contribution in [0.1, 0.15) is 87.9 Å². The van der Waals surface area contributed by atoms with Crippen molar-refractivity contribution in [3.63, 3.8) is 0 Å². The Morgan fingerprint density at radius 3 is 1.76 bits per heavy atom. The van der Waals surface area contributed by atoms with Crippen molar-refractivity contribution >= 4 is 86.8 Å². The van der Waals surface area contributed by atoms with Crippen LogP contribution in [0.5, 0.6) is 0 Å². The highest BCUT2D eigenvalue weighted by Gasteiger charge is 2.46. The van der Waals surface area contributed by atoms with E-state index in [0.717, 1.165) is 79.1 Å². The molecule has 7 heterocycles. The predicted molar refractivity (Wildman–Crippen MR) is 307 cm³/mol. The number of hydrogen-bond donors (Lipinski definition) is 6. The first-order valence-electron chi connectivity index (χ1n) is 25.3. The molecule has 15 nitrogen and oxygen atoms in total. The van der Waals surface area contributed by atoms with E-state index >= 15 is 0 Å². The maximum absolute atomic E-state index is 12.8. The van der Waals surface area contributed by atoms with Gasteiger partial charge in [0, 0.05) is 71.2 Å². The topological polar surface area (TPSA) is 192 Å². The molecule has 4 saturated heterocycles. The Bertz CT molecular complexity index is 2900. The molecule has 4 fully saturated rings. The number of carbonyl (C=O) groups is 4. The van der Waals surface area contributed by atoms with Gasteiger partial charge in [-0.25, -0.2) is 14.6 Å². The number of nitrogen functional groups attached to an aromatic ring is 1. The number of pyridine rings is 1. The summed E-state index contributed by atoms with van der Waals surface area (Å²) in [6, 6.07) is 29.5. The molecule has 0 aliphatic carbocycles. The number of carbonyl (C=O) groups excluding carboxylic acids is 4. The average molecular weight is 1090 g/mol. The molecule has 6 aromatic rings. The number of halogens is 2. The van der Waals surface area contributed by atoms with Crippen molar-refractivity contribution < 1.29 is 33.4 Å². The van der Waals surface area contributed by atoms with Crippen molar-refractivity contribution in [2.75, 3.05) is 78.9 Å². The van der Waals surface area contributed by atoms with Crippen molar-refractivity contribution in [1.82, 2.24) is 20.5 Å². The van der Waals surface area contributed by atoms with Crippen molar-refractivity contribution in [3.8, 4) is 20.9 Å². The molecule has 3 aromatic carbocycles. The summed E-state index contributed by atoms with van der Waals surface area (Å²) in [5.74, 6) is 0.423. The molecular formula is C57H69ClFN9O6S2. The number of hydrogen-bond acceptors (Lipinski definition) is 13. The second-order valence-electron chi connectivity index (χ2n) is 21.6. The zero-order valence-electron chi connectivity index (χ0n) is 43.9. The van der Waals surface area contributed by atoms with E-state index in [1.165, 1.54) is 25.7 Å². The molecule has 10 rings (SSSR count). The smallest absolute Gasteiger partial charge is 0.412 e. The molecule has 7 N–H and O–H groups in total. The normalized spacial score (nSPS) is 16.2. The zero-order chi connectivity index (χ0) is 53.4. The number of likely N-dealkylation sites (tertiary alicyclic amines) is 1. The Labute approximate surface area is 457 Å². The minimum Gasteiger partial charge on any atom is -0.444 e. The summed E-state index contributed by atoms with van der Waals surface area (Å²) in [7, 11) is 0. The number of anilines is 5. The first-order chi connectivity index (χ1) is 35.7. The summed E-state index contributed by atoms with van der Waals surface area (Å²) >= 11 is 9.14. The first kappa shape index (κ1) is 57.1. The molecule has 0 atom stereocenters. The number of thiophene rings is 2. The van der Waals surface area contributed by atoms with Crippen molar-refractivity contribution in [2.45, 2.75) is 78.4 Å². The molecule has 0 unspecified atom stereocenters. The van der Waals surface area contributed by atoms with Crippen LogP contribution in [0.2, 0.25) is 5.02 Å². The first-order valence-corrected chi connectivity index (χ1v) is 27.5. The van der Waals surface area contributed by atoms with E-state index in [0.29, 0.717) is 49.7 Å². The third-order valence-electron chi connectivity index (χ3n) is 13.4. The third kappa shape index (κ3) is 15.3. The second kappa shape index (κ2) is 24.6. The monoisotopic (exact) mass is 1090 g/mol. The maximum Gasteiger partial charge on any atom is 0.412 e. The summed E-state index contributed by atoms with van der Waals surface area (Å²) in [5.41, 5.74) is 11.0. The average Bonchev–Trinajstić information content (AvgIpc) is 4.11. The number of aromatic nitrogens is 1. The standard InChI is InChI=1S/C23H25N5OS.C22H21ClN2O3S.C12H22N2O2.FH/c24-18-5-3-16(20-2-1-11-30-20)12-19(18)27-22(29)17-4-6-21(26-13-17)28-9-7-23(8-10-28)14-25-15-23;1-22(2,3)28-21(27)25-17-11-8-15(19-5-4-12-29-19)13-18(17)24-20(26)14-6-9-16(23)10-7-14;1-11(2,3)16-10(15)14-8-12(9-14)4-6-13-7-5-12;/h1-6,11-13,25H,7-10,14-15,24H2,(H,27,29);4-13H,1-3H3,(H,24,26)(H,25,27);13H,4-9H2,1-3H3;1H. The summed E-state index contributed by atoms with van der Waals surface area (Å²) in [5, 5.41) is 19.8. The molecule has 4 amide bonds. The van der Waals surface area contributed by atoms with Crippen LogP contribution >= 0.6 is 34.3 Å². The Morgan fingerprint density at radius 1 is 0.658 bits per heavy atom. The van der Waals surface area contributed by atoms with Gasteiger partial charge in [0.1, 0.15) is 17.0 Å². The SMILES string of the molecule is CC(C)(C)OC(=O)N1CC2(CCNCC2)C1.CC(C)(C)OC(=O)Nc1ccc(-c2cccs2)cc1NC(=O)c1ccc(Cl)cc1.F.Nc1ccc(-c2cccs2)cc1NC(=O)c1ccc(N2CCC3(CC2)CNC3)nc1. The lowest BCUT2D eigenvalue weighted by molar-refractivity contribution is -0.0457. The lowest BCUT2D eigenvalue weighted by Gasteiger charge is -2.52. The van der Waals surface area contributed by atoms with E-state index in [9.17, 15) is 19.2 Å². The lowest BCUT2D eigenvalue weighted by atomic mass is 9.73. The Balaban J connectivity index is 0.000000172. The molecule has 4 aliphatic rings. The Hall–Kier alpha value is -6.57. The van der Waals surface area contributed by atoms with Crippen molar-refractivity contribution in [1.29, 1.82) is 0 Å². The lowest BCUT2D eigenvalue weighted by Crippen LogP contribution is -2.62. The molecule has 19 heteroatoms. The molecule has 4 aliphatic heterocycles. The summed E-state index contributed by atoms with van der Waals surface area (Å²) < 4.78 is 10.7. The highest BCUT2D eigenvalue weighted by atomic mass is 35.5. The van der Waals surface area contributed by atoms with Gasteiger partial charge in [-0.2, -0.15) is 0 Å². The van der Waals surface area contributed by atoms with Crippen LogP contribution in [0.3, 0.4) is 0 Å². The highest BCUT2D eigenvalue weighted by Crippen LogP contribution is 2.40. The zero-order valence-corrected chi connectivity index (χ0v) is 46.3. The minimum atomic E-state index is -0.631. The molecule has 0 saturated carbocycles. The fraction of sp³-hybridized carbons (Fsp3) is 0.386. The number of nitrogens with one attached hydrogen (secondary N) is 5. The van der Waals surface area contributed by atoms with Gasteiger partial charge in [-0.05, 0) is 180 Å². The molecule has 76 heavy (non-hydrogen) atoms. The summed E-state index contributed by atoms with van der Waals surface area (Å²) in [4.78, 5) is 60.3. The number of benzene rings is 3. The third-order valence-corrected chi connectivity index (χ3v) is 15.5. The minimum absolute atomic E-state index is 0. The Morgan fingerprint density at radius 2 is 1.22 bits per heavy atom. The van der Waals surface area contributed by atoms with E-state index in [4.69, 9.17) is 26.8 Å². The number of nitrogens with two attached hydrogens (primary N) is 1. The fourth-order valence-electron chi connectivity index (χ4n) is 9.26. The van der Waals surface area contributed by atoms with E-state index < -0.39 is 11.7 Å². The van der Waals surface area contributed by atoms with Crippen LogP contribution in [0.4, 0.5) is 42.9 Å². The van der Waals surface area contributed by atoms with Crippen LogP contribution in [-0.2, 0) is 9.47 Å². The van der Waals surface area contributed by atoms with Crippen LogP contribution < -0.4 is 37.2 Å². The molecule has 0 bridgehead atoms. The predicted octanol–water partition coefficient (Wildman–Crippen LogP) is 12.3. The van der Waals surface area contributed by atoms with E-state index in [1.807, 2.05) is 103 Å². The van der Waals surface area contributed by atoms with E-state index in [2.05, 4.69) is 36.5 Å². The molecule has 3 aromatic heterocycles. The van der Waals surface area contributed by atoms with Gasteiger partial charge in [-0.3, -0.25) is 19.6 Å². The molecular weight excluding hydrogens is 1030 g/mol. The van der Waals surface area contributed by atoms with Gasteiger partial charge in [0.25, 0.3) is 11.8 Å². The van der Waals surface area contributed by atoms with Gasteiger partial charge in [-0.1, -0.05) is 35.9 Å². The number of piperidine rings is 2. The molecule has 404 valence electrons. The van der Waals surface area contributed by atoms with Crippen LogP contribution in [-0.4, -0.2) is 97.4 Å². The van der Waals surface area contributed by atoms with E-state index in [1.54, 1.807) is 80.0 Å². The van der Waals surface area contributed by atoms with Gasteiger partial charge in [-0.15, -0.1) is 22.7 Å². The van der Waals surface area contributed by atoms with Gasteiger partial charge in [0.2, 0.25) is 0 Å². The second-order valence-corrected chi connectivity index (χ2v) is 24.0. The summed E-state index contributed by atoms with van der Waals surface area (Å²) in [6.45, 7) is 19.3. The summed E-state index contributed by atoms with van der Waals surface area (Å²) in [6.07, 6.45) is 5.67. The number of nitrogens with zero attached hydrogens (tertiary/aromatic N) is 3. The van der Waals surface area contributed by atoms with Crippen LogP contribution in [0, 0.1) is 10.8 Å². The van der Waals surface area contributed by atoms with Crippen molar-refractivity contribution in [2.24, 2.45) is 10.8 Å². The van der Waals surface area contributed by atoms with Crippen LogP contribution in [0.15, 0.2) is 114 Å². The fourth-order valence-corrected chi connectivity index (χ4v) is 10.8. The number of ether oxygens (including phenoxy) is 2. The van der Waals surface area contributed by atoms with Gasteiger partial charge < -0.3 is 46.3 Å². The van der Waals surface area contributed by atoms with E-state index in [-0.39, 0.29) is 28.2 Å². The van der Waals surface area contributed by atoms with Crippen molar-refractivity contribution in [3.05, 3.63) is 130 Å². The van der Waals surface area contributed by atoms with Gasteiger partial charge in [0.05, 0.1) is 28.3 Å². The largest absolute Gasteiger partial charge is 0.444 e. The maximum atomic E-state index is 12.8. The number of rotatable bonds is 8.